The van der Waals surface area contributed by atoms with Crippen LogP contribution in [-0.2, 0) is 4.74 Å². The molecule has 2 rings (SSSR count). The van der Waals surface area contributed by atoms with Crippen LogP contribution in [0.15, 0.2) is 18.2 Å². The number of nitro groups is 1. The zero-order valence-electron chi connectivity index (χ0n) is 9.35. The number of nitrogens with one attached hydrogen (secondary N) is 1. The molecule has 1 N–H and O–H groups in total. The third kappa shape index (κ3) is 2.68. The van der Waals surface area contributed by atoms with E-state index in [2.05, 4.69) is 5.32 Å². The van der Waals surface area contributed by atoms with Crippen LogP contribution >= 0.6 is 11.6 Å². The molecule has 0 bridgehead atoms. The van der Waals surface area contributed by atoms with E-state index in [1.807, 2.05) is 0 Å². The van der Waals surface area contributed by atoms with E-state index in [0.29, 0.717) is 10.7 Å². The van der Waals surface area contributed by atoms with Crippen LogP contribution in [-0.4, -0.2) is 24.2 Å². The van der Waals surface area contributed by atoms with Gasteiger partial charge in [0.05, 0.1) is 11.0 Å². The Morgan fingerprint density at radius 1 is 1.53 bits per heavy atom. The molecule has 6 heteroatoms. The largest absolute Gasteiger partial charge is 0.381 e. The monoisotopic (exact) mass is 256 g/mol. The maximum atomic E-state index is 10.8. The quantitative estimate of drug-likeness (QED) is 0.665. The molecule has 0 aromatic heterocycles. The summed E-state index contributed by atoms with van der Waals surface area (Å²) in [7, 11) is 1.67. The number of ether oxygens (including phenoxy) is 1. The standard InChI is InChI=1S/C11H13ClN2O3/c1-17-9-5-8(6-9)13-10-4-7(12)2-3-11(10)14(15)16/h2-4,8-9,13H,5-6H2,1H3. The number of halogens is 1. The smallest absolute Gasteiger partial charge is 0.292 e. The number of hydrogen-bond donors (Lipinski definition) is 1. The predicted molar refractivity (Wildman–Crippen MR) is 65.5 cm³/mol. The summed E-state index contributed by atoms with van der Waals surface area (Å²) in [6.07, 6.45) is 1.98. The third-order valence-corrected chi connectivity index (χ3v) is 3.18. The van der Waals surface area contributed by atoms with Gasteiger partial charge in [0, 0.05) is 24.2 Å². The van der Waals surface area contributed by atoms with Crippen LogP contribution in [0, 0.1) is 10.1 Å². The number of rotatable bonds is 4. The molecular formula is C11H13ClN2O3. The summed E-state index contributed by atoms with van der Waals surface area (Å²) in [5.74, 6) is 0. The van der Waals surface area contributed by atoms with Gasteiger partial charge in [-0.15, -0.1) is 0 Å². The summed E-state index contributed by atoms with van der Waals surface area (Å²) in [4.78, 5) is 10.4. The Bertz CT molecular complexity index is 433. The van der Waals surface area contributed by atoms with Crippen molar-refractivity contribution in [1.82, 2.24) is 0 Å². The highest BCUT2D eigenvalue weighted by Gasteiger charge is 2.30. The molecule has 1 saturated carbocycles. The second-order valence-corrected chi connectivity index (χ2v) is 4.53. The van der Waals surface area contributed by atoms with Crippen molar-refractivity contribution in [3.63, 3.8) is 0 Å². The molecule has 1 aromatic carbocycles. The van der Waals surface area contributed by atoms with Gasteiger partial charge in [-0.05, 0) is 25.0 Å². The van der Waals surface area contributed by atoms with Crippen LogP contribution in [0.25, 0.3) is 0 Å². The van der Waals surface area contributed by atoms with E-state index >= 15 is 0 Å². The minimum Gasteiger partial charge on any atom is -0.381 e. The number of anilines is 1. The molecule has 1 aliphatic rings. The fraction of sp³-hybridized carbons (Fsp3) is 0.455. The molecule has 0 aliphatic heterocycles. The molecule has 5 nitrogen and oxygen atoms in total. The van der Waals surface area contributed by atoms with Crippen molar-refractivity contribution in [2.24, 2.45) is 0 Å². The van der Waals surface area contributed by atoms with Gasteiger partial charge in [-0.3, -0.25) is 10.1 Å². The van der Waals surface area contributed by atoms with E-state index < -0.39 is 4.92 Å². The summed E-state index contributed by atoms with van der Waals surface area (Å²) in [6.45, 7) is 0. The SMILES string of the molecule is COC1CC(Nc2cc(Cl)ccc2[N+](=O)[O-])C1. The highest BCUT2D eigenvalue weighted by molar-refractivity contribution is 6.31. The van der Waals surface area contributed by atoms with Gasteiger partial charge < -0.3 is 10.1 Å². The van der Waals surface area contributed by atoms with E-state index in [-0.39, 0.29) is 17.8 Å². The van der Waals surface area contributed by atoms with Crippen molar-refractivity contribution in [3.05, 3.63) is 33.3 Å². The molecule has 0 spiro atoms. The maximum Gasteiger partial charge on any atom is 0.292 e. The molecule has 1 aromatic rings. The molecule has 0 amide bonds. The molecular weight excluding hydrogens is 244 g/mol. The fourth-order valence-electron chi connectivity index (χ4n) is 1.88. The molecule has 0 radical (unpaired) electrons. The average Bonchev–Trinajstić information content (AvgIpc) is 2.22. The summed E-state index contributed by atoms with van der Waals surface area (Å²) in [5, 5.41) is 14.5. The van der Waals surface area contributed by atoms with Crippen molar-refractivity contribution >= 4 is 23.0 Å². The molecule has 0 unspecified atom stereocenters. The Balaban J connectivity index is 2.09. The average molecular weight is 257 g/mol. The van der Waals surface area contributed by atoms with Gasteiger partial charge in [-0.25, -0.2) is 0 Å². The molecule has 0 heterocycles. The number of hydrogen-bond acceptors (Lipinski definition) is 4. The zero-order chi connectivity index (χ0) is 12.4. The predicted octanol–water partition coefficient (Wildman–Crippen LogP) is 2.84. The van der Waals surface area contributed by atoms with Crippen molar-refractivity contribution in [2.45, 2.75) is 25.0 Å². The molecule has 17 heavy (non-hydrogen) atoms. The van der Waals surface area contributed by atoms with Crippen LogP contribution in [0.3, 0.4) is 0 Å². The molecule has 1 aliphatic carbocycles. The van der Waals surface area contributed by atoms with Crippen molar-refractivity contribution in [1.29, 1.82) is 0 Å². The third-order valence-electron chi connectivity index (χ3n) is 2.94. The van der Waals surface area contributed by atoms with E-state index in [1.165, 1.54) is 12.1 Å². The summed E-state index contributed by atoms with van der Waals surface area (Å²) in [6, 6.07) is 4.73. The number of nitrogens with zero attached hydrogens (tertiary/aromatic N) is 1. The Kier molecular flexibility index (Phi) is 3.49. The van der Waals surface area contributed by atoms with Gasteiger partial charge in [0.1, 0.15) is 5.69 Å². The van der Waals surface area contributed by atoms with Crippen molar-refractivity contribution < 1.29 is 9.66 Å². The highest BCUT2D eigenvalue weighted by atomic mass is 35.5. The Labute approximate surface area is 104 Å². The Morgan fingerprint density at radius 2 is 2.24 bits per heavy atom. The van der Waals surface area contributed by atoms with E-state index in [0.717, 1.165) is 12.8 Å². The van der Waals surface area contributed by atoms with Gasteiger partial charge in [0.15, 0.2) is 0 Å². The minimum atomic E-state index is -0.412. The highest BCUT2D eigenvalue weighted by Crippen LogP contribution is 2.32. The lowest BCUT2D eigenvalue weighted by atomic mass is 9.89. The fourth-order valence-corrected chi connectivity index (χ4v) is 2.05. The van der Waals surface area contributed by atoms with Crippen LogP contribution in [0.5, 0.6) is 0 Å². The van der Waals surface area contributed by atoms with E-state index in [1.54, 1.807) is 13.2 Å². The second-order valence-electron chi connectivity index (χ2n) is 4.09. The lowest BCUT2D eigenvalue weighted by Crippen LogP contribution is -2.40. The van der Waals surface area contributed by atoms with Gasteiger partial charge in [-0.1, -0.05) is 11.6 Å². The second kappa shape index (κ2) is 4.89. The van der Waals surface area contributed by atoms with Gasteiger partial charge in [0.2, 0.25) is 0 Å². The van der Waals surface area contributed by atoms with Gasteiger partial charge >= 0.3 is 0 Å². The lowest BCUT2D eigenvalue weighted by Gasteiger charge is -2.35. The molecule has 92 valence electrons. The van der Waals surface area contributed by atoms with Gasteiger partial charge in [0.25, 0.3) is 5.69 Å². The first kappa shape index (κ1) is 12.1. The first-order valence-corrected chi connectivity index (χ1v) is 5.71. The van der Waals surface area contributed by atoms with Crippen LogP contribution in [0.2, 0.25) is 5.02 Å². The Hall–Kier alpha value is -1.33. The summed E-state index contributed by atoms with van der Waals surface area (Å²) < 4.78 is 5.16. The Morgan fingerprint density at radius 3 is 2.82 bits per heavy atom. The van der Waals surface area contributed by atoms with E-state index in [4.69, 9.17) is 16.3 Å². The first-order chi connectivity index (χ1) is 8.10. The topological polar surface area (TPSA) is 64.4 Å². The van der Waals surface area contributed by atoms with Gasteiger partial charge in [-0.2, -0.15) is 0 Å². The first-order valence-electron chi connectivity index (χ1n) is 5.33. The molecule has 0 atom stereocenters. The minimum absolute atomic E-state index is 0.0512. The van der Waals surface area contributed by atoms with Crippen molar-refractivity contribution in [3.8, 4) is 0 Å². The van der Waals surface area contributed by atoms with E-state index in [9.17, 15) is 10.1 Å². The normalized spacial score (nSPS) is 22.9. The van der Waals surface area contributed by atoms with Crippen molar-refractivity contribution in [2.75, 3.05) is 12.4 Å². The lowest BCUT2D eigenvalue weighted by molar-refractivity contribution is -0.384. The molecule has 1 fully saturated rings. The zero-order valence-corrected chi connectivity index (χ0v) is 10.1. The summed E-state index contributed by atoms with van der Waals surface area (Å²) >= 11 is 5.83. The summed E-state index contributed by atoms with van der Waals surface area (Å²) in [5.41, 5.74) is 0.525. The maximum absolute atomic E-state index is 10.8. The van der Waals surface area contributed by atoms with Crippen LogP contribution < -0.4 is 5.32 Å². The number of benzene rings is 1. The number of nitro benzene ring substituents is 1. The van der Waals surface area contributed by atoms with Crippen LogP contribution in [0.4, 0.5) is 11.4 Å². The van der Waals surface area contributed by atoms with Crippen LogP contribution in [0.1, 0.15) is 12.8 Å². The number of methoxy groups -OCH3 is 1. The molecule has 0 saturated heterocycles.